The molecule has 0 nitrogen and oxygen atoms in total. The second-order valence-electron chi connectivity index (χ2n) is 5.43. The maximum atomic E-state index is 2.48. The van der Waals surface area contributed by atoms with E-state index in [9.17, 15) is 0 Å². The third-order valence-corrected chi connectivity index (χ3v) is 4.38. The van der Waals surface area contributed by atoms with Crippen molar-refractivity contribution in [1.82, 2.24) is 0 Å². The summed E-state index contributed by atoms with van der Waals surface area (Å²) in [7, 11) is -0.733. The fraction of sp³-hybridized carbons (Fsp3) is 1.00. The number of hydrogen-bond acceptors (Lipinski definition) is 0. The molecule has 0 rings (SSSR count). The molecule has 0 aromatic heterocycles. The Bertz CT molecular complexity index is 102. The Morgan fingerprint density at radius 2 is 1.15 bits per heavy atom. The molecule has 0 saturated heterocycles. The van der Waals surface area contributed by atoms with Crippen molar-refractivity contribution in [2.45, 2.75) is 51.9 Å². The molecule has 13 heavy (non-hydrogen) atoms. The normalized spacial score (nSPS) is 13.2. The first-order chi connectivity index (χ1) is 6.06. The first-order valence-corrected chi connectivity index (χ1v) is 9.77. The van der Waals surface area contributed by atoms with Gasteiger partial charge in [-0.05, 0) is 0 Å². The van der Waals surface area contributed by atoms with Crippen molar-refractivity contribution in [3.8, 4) is 0 Å². The Balaban J connectivity index is 3.00. The molecule has 0 aromatic rings. The SMILES string of the molecule is CCCCCCCCC[PH](C)(C)C. The van der Waals surface area contributed by atoms with Crippen LogP contribution in [0.1, 0.15) is 51.9 Å². The van der Waals surface area contributed by atoms with Crippen molar-refractivity contribution in [3.63, 3.8) is 0 Å². The van der Waals surface area contributed by atoms with E-state index in [-0.39, 0.29) is 0 Å². The van der Waals surface area contributed by atoms with E-state index in [2.05, 4.69) is 26.9 Å². The van der Waals surface area contributed by atoms with Gasteiger partial charge in [-0.15, -0.1) is 0 Å². The van der Waals surface area contributed by atoms with Crippen molar-refractivity contribution in [1.29, 1.82) is 0 Å². The van der Waals surface area contributed by atoms with E-state index < -0.39 is 7.26 Å². The predicted octanol–water partition coefficient (Wildman–Crippen LogP) is 4.38. The number of rotatable bonds is 8. The molecule has 0 radical (unpaired) electrons. The topological polar surface area (TPSA) is 0 Å². The van der Waals surface area contributed by atoms with Gasteiger partial charge in [-0.25, -0.2) is 0 Å². The molecule has 82 valence electrons. The van der Waals surface area contributed by atoms with Crippen LogP contribution in [0.5, 0.6) is 0 Å². The molecule has 0 atom stereocenters. The van der Waals surface area contributed by atoms with Gasteiger partial charge in [-0.1, -0.05) is 0 Å². The van der Waals surface area contributed by atoms with E-state index in [0.717, 1.165) is 0 Å². The van der Waals surface area contributed by atoms with E-state index in [1.165, 1.54) is 51.1 Å². The average molecular weight is 204 g/mol. The molecule has 0 bridgehead atoms. The van der Waals surface area contributed by atoms with Gasteiger partial charge >= 0.3 is 85.3 Å². The van der Waals surface area contributed by atoms with E-state index >= 15 is 0 Å². The summed E-state index contributed by atoms with van der Waals surface area (Å²) in [5.74, 6) is 0. The zero-order valence-corrected chi connectivity index (χ0v) is 11.2. The van der Waals surface area contributed by atoms with E-state index in [1.54, 1.807) is 0 Å². The fourth-order valence-electron chi connectivity index (χ4n) is 1.61. The monoisotopic (exact) mass is 204 g/mol. The molecule has 0 aliphatic rings. The Kier molecular flexibility index (Phi) is 8.06. The molecule has 1 heteroatoms. The molecule has 0 aromatic carbocycles. The van der Waals surface area contributed by atoms with Gasteiger partial charge in [0.1, 0.15) is 0 Å². The molecule has 0 unspecified atom stereocenters. The van der Waals surface area contributed by atoms with Crippen LogP contribution in [0.25, 0.3) is 0 Å². The van der Waals surface area contributed by atoms with Crippen molar-refractivity contribution in [3.05, 3.63) is 0 Å². The van der Waals surface area contributed by atoms with E-state index in [0.29, 0.717) is 0 Å². The summed E-state index contributed by atoms with van der Waals surface area (Å²) >= 11 is 0. The fourth-order valence-corrected chi connectivity index (χ4v) is 2.92. The first-order valence-electron chi connectivity index (χ1n) is 6.06. The standard InChI is InChI=1S/C12H29P/c1-5-6-7-8-9-10-11-12-13(2,3)4/h13H,5-12H2,1-4H3. The molecule has 0 fully saturated rings. The predicted molar refractivity (Wildman–Crippen MR) is 68.9 cm³/mol. The number of unbranched alkanes of at least 4 members (excludes halogenated alkanes) is 6. The molecule has 0 aliphatic carbocycles. The molecule has 0 heterocycles. The molecular formula is C12H29P. The van der Waals surface area contributed by atoms with Gasteiger partial charge in [0.15, 0.2) is 0 Å². The second-order valence-corrected chi connectivity index (χ2v) is 11.1. The quantitative estimate of drug-likeness (QED) is 0.406. The van der Waals surface area contributed by atoms with Gasteiger partial charge < -0.3 is 0 Å². The van der Waals surface area contributed by atoms with Crippen molar-refractivity contribution >= 4 is 7.26 Å². The summed E-state index contributed by atoms with van der Waals surface area (Å²) in [6.45, 7) is 9.71. The van der Waals surface area contributed by atoms with Crippen LogP contribution < -0.4 is 0 Å². The van der Waals surface area contributed by atoms with E-state index in [1.807, 2.05) is 0 Å². The zero-order valence-electron chi connectivity index (χ0n) is 10.2. The molecule has 0 spiro atoms. The Labute approximate surface area is 85.8 Å². The molecule has 0 aliphatic heterocycles. The summed E-state index contributed by atoms with van der Waals surface area (Å²) in [6, 6.07) is 0. The molecule has 0 saturated carbocycles. The van der Waals surface area contributed by atoms with Crippen LogP contribution in [0.4, 0.5) is 0 Å². The molecule has 0 amide bonds. The first kappa shape index (κ1) is 13.4. The third-order valence-electron chi connectivity index (χ3n) is 2.53. The Morgan fingerprint density at radius 1 is 0.692 bits per heavy atom. The van der Waals surface area contributed by atoms with Gasteiger partial charge in [0.2, 0.25) is 0 Å². The summed E-state index contributed by atoms with van der Waals surface area (Å²) in [5, 5.41) is 0. The van der Waals surface area contributed by atoms with Gasteiger partial charge in [0.25, 0.3) is 0 Å². The average Bonchev–Trinajstić information content (AvgIpc) is 2.01. The minimum absolute atomic E-state index is 0.733. The van der Waals surface area contributed by atoms with Gasteiger partial charge in [0, 0.05) is 0 Å². The Hall–Kier alpha value is 0.430. The van der Waals surface area contributed by atoms with Crippen molar-refractivity contribution < 1.29 is 0 Å². The summed E-state index contributed by atoms with van der Waals surface area (Å²) in [5.41, 5.74) is 0. The van der Waals surface area contributed by atoms with Crippen LogP contribution in [0, 0.1) is 0 Å². The third kappa shape index (κ3) is 12.4. The van der Waals surface area contributed by atoms with Crippen LogP contribution in [-0.4, -0.2) is 26.2 Å². The van der Waals surface area contributed by atoms with Crippen LogP contribution >= 0.6 is 7.26 Å². The summed E-state index contributed by atoms with van der Waals surface area (Å²) < 4.78 is 0. The van der Waals surface area contributed by atoms with Crippen LogP contribution in [-0.2, 0) is 0 Å². The van der Waals surface area contributed by atoms with E-state index in [4.69, 9.17) is 0 Å². The molecular weight excluding hydrogens is 175 g/mol. The number of hydrogen-bond donors (Lipinski definition) is 0. The Morgan fingerprint density at radius 3 is 1.62 bits per heavy atom. The van der Waals surface area contributed by atoms with Crippen molar-refractivity contribution in [2.24, 2.45) is 0 Å². The van der Waals surface area contributed by atoms with Gasteiger partial charge in [-0.3, -0.25) is 0 Å². The summed E-state index contributed by atoms with van der Waals surface area (Å²) in [4.78, 5) is 0. The van der Waals surface area contributed by atoms with Crippen LogP contribution in [0.3, 0.4) is 0 Å². The molecule has 0 N–H and O–H groups in total. The van der Waals surface area contributed by atoms with Crippen LogP contribution in [0.2, 0.25) is 0 Å². The summed E-state index contributed by atoms with van der Waals surface area (Å²) in [6.07, 6.45) is 11.7. The van der Waals surface area contributed by atoms with Gasteiger partial charge in [0.05, 0.1) is 0 Å². The van der Waals surface area contributed by atoms with Gasteiger partial charge in [-0.2, -0.15) is 0 Å². The van der Waals surface area contributed by atoms with Crippen molar-refractivity contribution in [2.75, 3.05) is 26.2 Å². The maximum absolute atomic E-state index is 2.48. The minimum atomic E-state index is -0.733. The zero-order chi connectivity index (χ0) is 10.2. The second kappa shape index (κ2) is 7.80. The van der Waals surface area contributed by atoms with Crippen LogP contribution in [0.15, 0.2) is 0 Å².